The number of hydrogen-bond donors (Lipinski definition) is 2. The summed E-state index contributed by atoms with van der Waals surface area (Å²) in [6.45, 7) is 3.86. The molecular formula is C22H24ClN3O3. The number of methoxy groups -OCH3 is 1. The van der Waals surface area contributed by atoms with Gasteiger partial charge in [-0.05, 0) is 23.7 Å². The summed E-state index contributed by atoms with van der Waals surface area (Å²) in [5, 5.41) is 6.06. The van der Waals surface area contributed by atoms with E-state index in [-0.39, 0.29) is 6.03 Å². The van der Waals surface area contributed by atoms with Gasteiger partial charge in [0.2, 0.25) is 0 Å². The summed E-state index contributed by atoms with van der Waals surface area (Å²) in [6, 6.07) is 16.1. The van der Waals surface area contributed by atoms with Gasteiger partial charge in [0, 0.05) is 23.8 Å². The Morgan fingerprint density at radius 2 is 1.79 bits per heavy atom. The van der Waals surface area contributed by atoms with Crippen LogP contribution in [0.5, 0.6) is 0 Å². The molecule has 7 heteroatoms. The van der Waals surface area contributed by atoms with Crippen LogP contribution in [0.2, 0.25) is 5.02 Å². The van der Waals surface area contributed by atoms with Crippen molar-refractivity contribution in [3.05, 3.63) is 82.0 Å². The van der Waals surface area contributed by atoms with Crippen molar-refractivity contribution in [2.45, 2.75) is 19.5 Å². The van der Waals surface area contributed by atoms with Crippen molar-refractivity contribution >= 4 is 23.6 Å². The topological polar surface area (TPSA) is 70.7 Å². The van der Waals surface area contributed by atoms with Crippen molar-refractivity contribution in [3.8, 4) is 0 Å². The molecule has 1 heterocycles. The maximum atomic E-state index is 12.7. The van der Waals surface area contributed by atoms with Gasteiger partial charge < -0.3 is 15.4 Å². The molecule has 1 atom stereocenters. The standard InChI is InChI=1S/C22H24ClN3O3/c1-3-26(13-15-9-5-4-6-10-15)14-18-19(21(27)29-2)20(25-22(28)24-18)16-11-7-8-12-17(16)23/h4-12,20H,3,13-14H2,1-2H3,(H2,24,25,28). The van der Waals surface area contributed by atoms with Crippen LogP contribution in [0.15, 0.2) is 65.9 Å². The normalized spacial score (nSPS) is 16.4. The fourth-order valence-electron chi connectivity index (χ4n) is 3.38. The number of carbonyl (C=O) groups is 2. The van der Waals surface area contributed by atoms with Gasteiger partial charge in [0.15, 0.2) is 0 Å². The molecule has 3 rings (SSSR count). The van der Waals surface area contributed by atoms with E-state index in [4.69, 9.17) is 16.3 Å². The maximum absolute atomic E-state index is 12.7. The largest absolute Gasteiger partial charge is 0.466 e. The van der Waals surface area contributed by atoms with Gasteiger partial charge in [0.05, 0.1) is 18.7 Å². The van der Waals surface area contributed by atoms with Gasteiger partial charge >= 0.3 is 12.0 Å². The summed E-state index contributed by atoms with van der Waals surface area (Å²) in [7, 11) is 1.33. The molecule has 1 aliphatic heterocycles. The number of nitrogens with zero attached hydrogens (tertiary/aromatic N) is 1. The smallest absolute Gasteiger partial charge is 0.338 e. The van der Waals surface area contributed by atoms with E-state index in [2.05, 4.69) is 15.5 Å². The first-order valence-corrected chi connectivity index (χ1v) is 9.80. The number of urea groups is 1. The van der Waals surface area contributed by atoms with Gasteiger partial charge in [-0.3, -0.25) is 4.90 Å². The summed E-state index contributed by atoms with van der Waals surface area (Å²) < 4.78 is 5.03. The molecule has 2 N–H and O–H groups in total. The lowest BCUT2D eigenvalue weighted by atomic mass is 9.95. The van der Waals surface area contributed by atoms with E-state index in [1.165, 1.54) is 7.11 Å². The zero-order valence-electron chi connectivity index (χ0n) is 16.4. The van der Waals surface area contributed by atoms with Crippen molar-refractivity contribution in [1.29, 1.82) is 0 Å². The van der Waals surface area contributed by atoms with Gasteiger partial charge in [-0.25, -0.2) is 9.59 Å². The molecule has 29 heavy (non-hydrogen) atoms. The van der Waals surface area contributed by atoms with Gasteiger partial charge in [0.25, 0.3) is 0 Å². The van der Waals surface area contributed by atoms with Crippen molar-refractivity contribution in [2.24, 2.45) is 0 Å². The van der Waals surface area contributed by atoms with Crippen molar-refractivity contribution in [3.63, 3.8) is 0 Å². The predicted octanol–water partition coefficient (Wildman–Crippen LogP) is 3.64. The number of esters is 1. The lowest BCUT2D eigenvalue weighted by molar-refractivity contribution is -0.136. The molecule has 2 aromatic carbocycles. The zero-order chi connectivity index (χ0) is 20.8. The highest BCUT2D eigenvalue weighted by Crippen LogP contribution is 2.32. The maximum Gasteiger partial charge on any atom is 0.338 e. The van der Waals surface area contributed by atoms with E-state index in [0.717, 1.165) is 12.1 Å². The molecule has 0 aliphatic carbocycles. The van der Waals surface area contributed by atoms with Gasteiger partial charge in [-0.2, -0.15) is 0 Å². The first-order chi connectivity index (χ1) is 14.0. The highest BCUT2D eigenvalue weighted by molar-refractivity contribution is 6.31. The van der Waals surface area contributed by atoms with Gasteiger partial charge in [-0.15, -0.1) is 0 Å². The molecule has 1 unspecified atom stereocenters. The van der Waals surface area contributed by atoms with E-state index in [1.54, 1.807) is 18.2 Å². The molecule has 2 amide bonds. The summed E-state index contributed by atoms with van der Waals surface area (Å²) >= 11 is 6.35. The van der Waals surface area contributed by atoms with E-state index in [0.29, 0.717) is 34.9 Å². The van der Waals surface area contributed by atoms with Crippen molar-refractivity contribution in [1.82, 2.24) is 15.5 Å². The summed E-state index contributed by atoms with van der Waals surface area (Å²) in [5.41, 5.74) is 2.67. The van der Waals surface area contributed by atoms with Crippen LogP contribution < -0.4 is 10.6 Å². The molecule has 2 aromatic rings. The predicted molar refractivity (Wildman–Crippen MR) is 112 cm³/mol. The third-order valence-electron chi connectivity index (χ3n) is 4.85. The van der Waals surface area contributed by atoms with Crippen LogP contribution >= 0.6 is 11.6 Å². The SMILES string of the molecule is CCN(CC1=C(C(=O)OC)C(c2ccccc2Cl)NC(=O)N1)Cc1ccccc1. The minimum absolute atomic E-state index is 0.353. The second-order valence-electron chi connectivity index (χ2n) is 6.73. The third-order valence-corrected chi connectivity index (χ3v) is 5.20. The lowest BCUT2D eigenvalue weighted by Gasteiger charge is -2.32. The summed E-state index contributed by atoms with van der Waals surface area (Å²) in [4.78, 5) is 27.2. The number of carbonyl (C=O) groups excluding carboxylic acids is 2. The highest BCUT2D eigenvalue weighted by Gasteiger charge is 2.34. The highest BCUT2D eigenvalue weighted by atomic mass is 35.5. The molecule has 6 nitrogen and oxygen atoms in total. The first-order valence-electron chi connectivity index (χ1n) is 9.43. The molecule has 0 radical (unpaired) electrons. The number of hydrogen-bond acceptors (Lipinski definition) is 4. The van der Waals surface area contributed by atoms with E-state index >= 15 is 0 Å². The molecule has 1 aliphatic rings. The molecule has 0 fully saturated rings. The fraction of sp³-hybridized carbons (Fsp3) is 0.273. The Morgan fingerprint density at radius 3 is 2.45 bits per heavy atom. The minimum Gasteiger partial charge on any atom is -0.466 e. The third kappa shape index (κ3) is 4.96. The van der Waals surface area contributed by atoms with Crippen LogP contribution in [-0.4, -0.2) is 37.1 Å². The van der Waals surface area contributed by atoms with E-state index in [1.807, 2.05) is 43.3 Å². The van der Waals surface area contributed by atoms with Gasteiger partial charge in [0.1, 0.15) is 0 Å². The Kier molecular flexibility index (Phi) is 6.90. The molecule has 0 spiro atoms. The van der Waals surface area contributed by atoms with Crippen LogP contribution in [-0.2, 0) is 16.1 Å². The van der Waals surface area contributed by atoms with Crippen molar-refractivity contribution in [2.75, 3.05) is 20.2 Å². The van der Waals surface area contributed by atoms with E-state index < -0.39 is 12.0 Å². The minimum atomic E-state index is -0.685. The average Bonchev–Trinajstić information content (AvgIpc) is 2.73. The number of rotatable bonds is 7. The second kappa shape index (κ2) is 9.58. The van der Waals surface area contributed by atoms with Gasteiger partial charge in [-0.1, -0.05) is 67.1 Å². The Hall–Kier alpha value is -2.83. The summed E-state index contributed by atoms with van der Waals surface area (Å²) in [5.74, 6) is -0.506. The average molecular weight is 414 g/mol. The van der Waals surface area contributed by atoms with Crippen LogP contribution in [0.25, 0.3) is 0 Å². The molecule has 0 saturated heterocycles. The number of likely N-dealkylation sites (N-methyl/N-ethyl adjacent to an activating group) is 1. The number of ether oxygens (including phenoxy) is 1. The molecule has 152 valence electrons. The Bertz CT molecular complexity index is 915. The Labute approximate surface area is 175 Å². The van der Waals surface area contributed by atoms with Crippen LogP contribution in [0.4, 0.5) is 4.79 Å². The fourth-order valence-corrected chi connectivity index (χ4v) is 3.63. The van der Waals surface area contributed by atoms with E-state index in [9.17, 15) is 9.59 Å². The second-order valence-corrected chi connectivity index (χ2v) is 7.13. The number of nitrogens with one attached hydrogen (secondary N) is 2. The summed E-state index contributed by atoms with van der Waals surface area (Å²) in [6.07, 6.45) is 0. The Balaban J connectivity index is 1.98. The molecular weight excluding hydrogens is 390 g/mol. The van der Waals surface area contributed by atoms with Crippen molar-refractivity contribution < 1.29 is 14.3 Å². The zero-order valence-corrected chi connectivity index (χ0v) is 17.2. The molecule has 0 bridgehead atoms. The van der Waals surface area contributed by atoms with Crippen LogP contribution in [0.3, 0.4) is 0 Å². The first kappa shape index (κ1) is 20.9. The molecule has 0 saturated carbocycles. The van der Waals surface area contributed by atoms with Crippen LogP contribution in [0.1, 0.15) is 24.1 Å². The monoisotopic (exact) mass is 413 g/mol. The lowest BCUT2D eigenvalue weighted by Crippen LogP contribution is -2.48. The number of benzene rings is 2. The quantitative estimate of drug-likeness (QED) is 0.680. The number of amides is 2. The Morgan fingerprint density at radius 1 is 1.10 bits per heavy atom. The molecule has 0 aromatic heterocycles. The van der Waals surface area contributed by atoms with Crippen LogP contribution in [0, 0.1) is 0 Å². The number of halogens is 1.